The highest BCUT2D eigenvalue weighted by Crippen LogP contribution is 2.20. The van der Waals surface area contributed by atoms with Gasteiger partial charge in [-0.15, -0.1) is 0 Å². The van der Waals surface area contributed by atoms with Gasteiger partial charge in [0.2, 0.25) is 0 Å². The quantitative estimate of drug-likeness (QED) is 0.734. The van der Waals surface area contributed by atoms with Crippen LogP contribution in [0.2, 0.25) is 0 Å². The van der Waals surface area contributed by atoms with Crippen LogP contribution in [0.3, 0.4) is 0 Å². The summed E-state index contributed by atoms with van der Waals surface area (Å²) in [5.74, 6) is 0.0533. The fraction of sp³-hybridized carbons (Fsp3) is 0.0625. The van der Waals surface area contributed by atoms with Gasteiger partial charge in [0.15, 0.2) is 0 Å². The van der Waals surface area contributed by atoms with Gasteiger partial charge < -0.3 is 0 Å². The van der Waals surface area contributed by atoms with Gasteiger partial charge in [-0.3, -0.25) is 9.19 Å². The number of aromatic nitrogens is 1. The largest absolute Gasteiger partial charge is 0.256 e. The first kappa shape index (κ1) is 12.9. The summed E-state index contributed by atoms with van der Waals surface area (Å²) in [5.41, 5.74) is 1.80. The topological polar surface area (TPSA) is 30.0 Å². The van der Waals surface area contributed by atoms with Gasteiger partial charge in [0.1, 0.15) is 5.82 Å². The fourth-order valence-corrected chi connectivity index (χ4v) is 3.22. The molecule has 1 atom stereocenters. The number of hydrogen-bond acceptors (Lipinski definition) is 2. The molecule has 0 saturated heterocycles. The van der Waals surface area contributed by atoms with Crippen LogP contribution in [0.5, 0.6) is 0 Å². The summed E-state index contributed by atoms with van der Waals surface area (Å²) < 4.78 is 25.2. The fourth-order valence-electron chi connectivity index (χ4n) is 2.09. The molecule has 0 bridgehead atoms. The molecular weight excluding hydrogens is 273 g/mol. The second-order valence-electron chi connectivity index (χ2n) is 4.44. The van der Waals surface area contributed by atoms with E-state index in [9.17, 15) is 8.60 Å². The number of para-hydroxylation sites is 1. The number of fused-ring (bicyclic) bond motifs is 1. The van der Waals surface area contributed by atoms with Crippen molar-refractivity contribution in [1.82, 2.24) is 4.98 Å². The van der Waals surface area contributed by atoms with Crippen LogP contribution in [0, 0.1) is 5.82 Å². The summed E-state index contributed by atoms with van der Waals surface area (Å²) in [5, 5.41) is 1.03. The van der Waals surface area contributed by atoms with Gasteiger partial charge in [-0.05, 0) is 35.9 Å². The number of pyridine rings is 1. The Hall–Kier alpha value is -2.07. The lowest BCUT2D eigenvalue weighted by Crippen LogP contribution is -1.98. The van der Waals surface area contributed by atoms with Crippen LogP contribution in [0.4, 0.5) is 4.39 Å². The summed E-state index contributed by atoms with van der Waals surface area (Å²) in [7, 11) is -1.21. The van der Waals surface area contributed by atoms with Crippen LogP contribution in [0.1, 0.15) is 5.56 Å². The second-order valence-corrected chi connectivity index (χ2v) is 5.89. The molecule has 100 valence electrons. The molecule has 0 fully saturated rings. The van der Waals surface area contributed by atoms with E-state index in [1.807, 2.05) is 30.3 Å². The van der Waals surface area contributed by atoms with Gasteiger partial charge in [0.05, 0.1) is 22.1 Å². The van der Waals surface area contributed by atoms with Crippen molar-refractivity contribution in [2.24, 2.45) is 0 Å². The van der Waals surface area contributed by atoms with E-state index in [2.05, 4.69) is 4.98 Å². The normalized spacial score (nSPS) is 12.4. The molecule has 3 rings (SSSR count). The molecule has 0 N–H and O–H groups in total. The Kier molecular flexibility index (Phi) is 3.56. The van der Waals surface area contributed by atoms with Gasteiger partial charge in [-0.2, -0.15) is 0 Å². The highest BCUT2D eigenvalue weighted by Gasteiger charge is 2.08. The molecule has 2 aromatic carbocycles. The molecule has 3 aromatic rings. The van der Waals surface area contributed by atoms with Crippen molar-refractivity contribution < 1.29 is 8.60 Å². The van der Waals surface area contributed by atoms with Crippen LogP contribution in [0.25, 0.3) is 10.9 Å². The third-order valence-corrected chi connectivity index (χ3v) is 4.45. The summed E-state index contributed by atoms with van der Waals surface area (Å²) >= 11 is 0. The van der Waals surface area contributed by atoms with E-state index in [1.54, 1.807) is 18.3 Å². The number of rotatable bonds is 3. The van der Waals surface area contributed by atoms with Gasteiger partial charge in [0.25, 0.3) is 0 Å². The molecule has 0 spiro atoms. The minimum Gasteiger partial charge on any atom is -0.256 e. The smallest absolute Gasteiger partial charge is 0.123 e. The lowest BCUT2D eigenvalue weighted by molar-refractivity contribution is 0.626. The van der Waals surface area contributed by atoms with E-state index in [0.717, 1.165) is 16.5 Å². The number of halogens is 1. The highest BCUT2D eigenvalue weighted by atomic mass is 32.2. The third kappa shape index (κ3) is 2.60. The SMILES string of the molecule is O=S(Cc1cccc2cccnc12)c1ccc(F)cc1. The van der Waals surface area contributed by atoms with Crippen LogP contribution in [-0.2, 0) is 16.6 Å². The van der Waals surface area contributed by atoms with E-state index in [1.165, 1.54) is 12.1 Å². The van der Waals surface area contributed by atoms with E-state index < -0.39 is 10.8 Å². The second kappa shape index (κ2) is 5.51. The van der Waals surface area contributed by atoms with Crippen LogP contribution < -0.4 is 0 Å². The minimum absolute atomic E-state index is 0.322. The van der Waals surface area contributed by atoms with Crippen LogP contribution in [-0.4, -0.2) is 9.19 Å². The Labute approximate surface area is 118 Å². The van der Waals surface area contributed by atoms with Crippen molar-refractivity contribution in [2.75, 3.05) is 0 Å². The first-order valence-electron chi connectivity index (χ1n) is 6.20. The summed E-state index contributed by atoms with van der Waals surface area (Å²) in [4.78, 5) is 4.97. The number of benzene rings is 2. The standard InChI is InChI=1S/C16H12FNOS/c17-14-6-8-15(9-7-14)20(19)11-13-4-1-3-12-5-2-10-18-16(12)13/h1-10H,11H2. The third-order valence-electron chi connectivity index (χ3n) is 3.08. The molecule has 20 heavy (non-hydrogen) atoms. The molecular formula is C16H12FNOS. The molecule has 1 unspecified atom stereocenters. The Morgan fingerprint density at radius 2 is 1.75 bits per heavy atom. The van der Waals surface area contributed by atoms with Crippen molar-refractivity contribution >= 4 is 21.7 Å². The Balaban J connectivity index is 1.93. The van der Waals surface area contributed by atoms with Gasteiger partial charge in [-0.1, -0.05) is 24.3 Å². The van der Waals surface area contributed by atoms with Crippen molar-refractivity contribution in [3.63, 3.8) is 0 Å². The van der Waals surface area contributed by atoms with E-state index in [0.29, 0.717) is 10.6 Å². The first-order valence-corrected chi connectivity index (χ1v) is 7.52. The van der Waals surface area contributed by atoms with Gasteiger partial charge >= 0.3 is 0 Å². The maximum atomic E-state index is 12.9. The van der Waals surface area contributed by atoms with Crippen molar-refractivity contribution in [2.45, 2.75) is 10.6 Å². The predicted octanol–water partition coefficient (Wildman–Crippen LogP) is 3.68. The summed E-state index contributed by atoms with van der Waals surface area (Å²) in [6.45, 7) is 0. The molecule has 0 aliphatic carbocycles. The summed E-state index contributed by atoms with van der Waals surface area (Å²) in [6, 6.07) is 15.5. The Bertz CT molecular complexity index is 766. The maximum Gasteiger partial charge on any atom is 0.123 e. The molecule has 0 amide bonds. The van der Waals surface area contributed by atoms with Gasteiger partial charge in [0, 0.05) is 16.5 Å². The van der Waals surface area contributed by atoms with E-state index in [4.69, 9.17) is 0 Å². The Morgan fingerprint density at radius 3 is 2.55 bits per heavy atom. The van der Waals surface area contributed by atoms with Crippen molar-refractivity contribution in [3.05, 3.63) is 72.2 Å². The minimum atomic E-state index is -1.21. The number of hydrogen-bond donors (Lipinski definition) is 0. The Morgan fingerprint density at radius 1 is 1.00 bits per heavy atom. The molecule has 0 aliphatic heterocycles. The zero-order valence-electron chi connectivity index (χ0n) is 10.6. The predicted molar refractivity (Wildman–Crippen MR) is 78.3 cm³/mol. The first-order chi connectivity index (χ1) is 9.74. The maximum absolute atomic E-state index is 12.9. The lowest BCUT2D eigenvalue weighted by atomic mass is 10.1. The number of nitrogens with zero attached hydrogens (tertiary/aromatic N) is 1. The molecule has 1 aromatic heterocycles. The average Bonchev–Trinajstić information content (AvgIpc) is 2.48. The molecule has 0 saturated carbocycles. The molecule has 0 aliphatic rings. The molecule has 1 heterocycles. The van der Waals surface area contributed by atoms with E-state index >= 15 is 0 Å². The highest BCUT2D eigenvalue weighted by molar-refractivity contribution is 7.84. The lowest BCUT2D eigenvalue weighted by Gasteiger charge is -2.06. The van der Waals surface area contributed by atoms with E-state index in [-0.39, 0.29) is 5.82 Å². The molecule has 0 radical (unpaired) electrons. The van der Waals surface area contributed by atoms with Gasteiger partial charge in [-0.25, -0.2) is 4.39 Å². The monoisotopic (exact) mass is 285 g/mol. The molecule has 2 nitrogen and oxygen atoms in total. The van der Waals surface area contributed by atoms with Crippen molar-refractivity contribution in [1.29, 1.82) is 0 Å². The average molecular weight is 285 g/mol. The zero-order chi connectivity index (χ0) is 13.9. The van der Waals surface area contributed by atoms with Crippen LogP contribution in [0.15, 0.2) is 65.7 Å². The van der Waals surface area contributed by atoms with Crippen LogP contribution >= 0.6 is 0 Å². The molecule has 4 heteroatoms. The summed E-state index contributed by atoms with van der Waals surface area (Å²) in [6.07, 6.45) is 1.73. The zero-order valence-corrected chi connectivity index (χ0v) is 11.4. The van der Waals surface area contributed by atoms with Crippen molar-refractivity contribution in [3.8, 4) is 0 Å².